The summed E-state index contributed by atoms with van der Waals surface area (Å²) in [4.78, 5) is 11.5. The largest absolute Gasteiger partial charge is 0.507 e. The number of allylic oxidation sites excluding steroid dienone is 1. The van der Waals surface area contributed by atoms with Crippen molar-refractivity contribution >= 4 is 22.3 Å². The minimum absolute atomic E-state index is 0.405. The molecule has 0 saturated carbocycles. The average molecular weight is 434 g/mol. The maximum Gasteiger partial charge on any atom is 0.439 e. The Bertz CT molecular complexity index is 953. The number of carbonyl (C=O) groups is 1. The van der Waals surface area contributed by atoms with Crippen molar-refractivity contribution in [2.75, 3.05) is 0 Å². The van der Waals surface area contributed by atoms with Gasteiger partial charge in [-0.25, -0.2) is 4.39 Å². The Hall–Kier alpha value is -2.79. The lowest BCUT2D eigenvalue weighted by Crippen LogP contribution is -2.58. The van der Waals surface area contributed by atoms with Crippen LogP contribution < -0.4 is 0 Å². The Balaban J connectivity index is 2.66. The van der Waals surface area contributed by atoms with Gasteiger partial charge < -0.3 is 5.11 Å². The second-order valence-corrected chi connectivity index (χ2v) is 5.75. The van der Waals surface area contributed by atoms with Crippen molar-refractivity contribution < 1.29 is 53.8 Å². The van der Waals surface area contributed by atoms with Gasteiger partial charge in [0.1, 0.15) is 5.76 Å². The van der Waals surface area contributed by atoms with E-state index in [2.05, 4.69) is 0 Å². The molecule has 0 unspecified atom stereocenters. The monoisotopic (exact) mass is 434 g/mol. The highest BCUT2D eigenvalue weighted by atomic mass is 19.4. The van der Waals surface area contributed by atoms with E-state index in [1.54, 1.807) is 0 Å². The van der Waals surface area contributed by atoms with Crippen molar-refractivity contribution in [1.82, 2.24) is 0 Å². The number of aliphatic hydroxyl groups excluding tert-OH is 1. The van der Waals surface area contributed by atoms with E-state index in [0.717, 1.165) is 18.2 Å². The first-order valence-electron chi connectivity index (χ1n) is 7.38. The molecule has 29 heavy (non-hydrogen) atoms. The molecule has 2 nitrogen and oxygen atoms in total. The van der Waals surface area contributed by atoms with Gasteiger partial charge in [0.25, 0.3) is 0 Å². The number of aliphatic hydroxyl groups is 1. The Morgan fingerprint density at radius 1 is 0.759 bits per heavy atom. The van der Waals surface area contributed by atoms with Gasteiger partial charge in [-0.1, -0.05) is 30.3 Å². The summed E-state index contributed by atoms with van der Waals surface area (Å²) in [6, 6.07) is 5.18. The lowest BCUT2D eigenvalue weighted by Gasteiger charge is -2.27. The quantitative estimate of drug-likeness (QED) is 0.357. The van der Waals surface area contributed by atoms with Gasteiger partial charge in [-0.3, -0.25) is 4.79 Å². The predicted octanol–water partition coefficient (Wildman–Crippen LogP) is 6.16. The SMILES string of the molecule is O=C(/C=C(\O)c1ccc(C(F)(F)F)c2ccccc12)C(F)(C(F)(F)F)C(F)(F)F. The van der Waals surface area contributed by atoms with Crippen LogP contribution in [0.15, 0.2) is 42.5 Å². The Morgan fingerprint density at radius 3 is 1.69 bits per heavy atom. The maximum atomic E-state index is 13.7. The number of ketones is 1. The van der Waals surface area contributed by atoms with Gasteiger partial charge in [0.15, 0.2) is 0 Å². The molecule has 0 radical (unpaired) electrons. The van der Waals surface area contributed by atoms with Crippen LogP contribution in [0.4, 0.5) is 43.9 Å². The summed E-state index contributed by atoms with van der Waals surface area (Å²) < 4.78 is 128. The van der Waals surface area contributed by atoms with Gasteiger partial charge in [-0.05, 0) is 16.8 Å². The molecule has 12 heteroatoms. The molecular weight excluding hydrogens is 426 g/mol. The van der Waals surface area contributed by atoms with E-state index < -0.39 is 63.7 Å². The van der Waals surface area contributed by atoms with Crippen LogP contribution in [-0.2, 0) is 11.0 Å². The zero-order chi connectivity index (χ0) is 22.4. The smallest absolute Gasteiger partial charge is 0.439 e. The average Bonchev–Trinajstić information content (AvgIpc) is 2.56. The number of carbonyl (C=O) groups excluding carboxylic acids is 1. The fraction of sp³-hybridized carbons (Fsp3) is 0.235. The van der Waals surface area contributed by atoms with Crippen LogP contribution in [0.5, 0.6) is 0 Å². The van der Waals surface area contributed by atoms with E-state index in [4.69, 9.17) is 0 Å². The molecule has 0 spiro atoms. The fourth-order valence-electron chi connectivity index (χ4n) is 2.51. The van der Waals surface area contributed by atoms with Crippen LogP contribution in [0.1, 0.15) is 11.1 Å². The van der Waals surface area contributed by atoms with Gasteiger partial charge in [0.2, 0.25) is 5.78 Å². The number of halogens is 10. The van der Waals surface area contributed by atoms with Crippen molar-refractivity contribution in [2.24, 2.45) is 0 Å². The van der Waals surface area contributed by atoms with Crippen molar-refractivity contribution in [3.8, 4) is 0 Å². The molecule has 0 aromatic heterocycles. The third-order valence-corrected chi connectivity index (χ3v) is 3.89. The molecule has 0 heterocycles. The van der Waals surface area contributed by atoms with Crippen LogP contribution in [0, 0.1) is 0 Å². The third-order valence-electron chi connectivity index (χ3n) is 3.89. The number of hydrogen-bond donors (Lipinski definition) is 1. The summed E-state index contributed by atoms with van der Waals surface area (Å²) in [7, 11) is 0. The number of fused-ring (bicyclic) bond motifs is 1. The van der Waals surface area contributed by atoms with Crippen LogP contribution in [0.2, 0.25) is 0 Å². The predicted molar refractivity (Wildman–Crippen MR) is 80.5 cm³/mol. The fourth-order valence-corrected chi connectivity index (χ4v) is 2.51. The first kappa shape index (κ1) is 22.5. The van der Waals surface area contributed by atoms with Crippen molar-refractivity contribution in [3.63, 3.8) is 0 Å². The summed E-state index contributed by atoms with van der Waals surface area (Å²) in [6.07, 6.45) is -18.9. The normalized spacial score (nSPS) is 14.3. The molecule has 2 rings (SSSR count). The molecule has 0 bridgehead atoms. The zero-order valence-corrected chi connectivity index (χ0v) is 13.7. The molecule has 0 amide bonds. The Labute approximate surface area is 155 Å². The van der Waals surface area contributed by atoms with Gasteiger partial charge in [0.05, 0.1) is 5.56 Å². The summed E-state index contributed by atoms with van der Waals surface area (Å²) in [5, 5.41) is 8.84. The van der Waals surface area contributed by atoms with Crippen molar-refractivity contribution in [3.05, 3.63) is 53.6 Å². The van der Waals surface area contributed by atoms with Crippen molar-refractivity contribution in [1.29, 1.82) is 0 Å². The highest BCUT2D eigenvalue weighted by molar-refractivity contribution is 6.05. The first-order valence-corrected chi connectivity index (χ1v) is 7.38. The summed E-state index contributed by atoms with van der Waals surface area (Å²) in [5.41, 5.74) is -8.22. The van der Waals surface area contributed by atoms with Crippen LogP contribution in [0.25, 0.3) is 16.5 Å². The summed E-state index contributed by atoms with van der Waals surface area (Å²) in [5.74, 6) is -4.76. The minimum atomic E-state index is -6.69. The van der Waals surface area contributed by atoms with Gasteiger partial charge in [-0.15, -0.1) is 0 Å². The molecule has 0 atom stereocenters. The standard InChI is InChI=1S/C17H8F10O2/c18-14(16(22,23)24,17(25,26)27)13(29)7-12(28)10-5-6-11(15(19,20)21)9-4-2-1-3-8(9)10/h1-7,28H/b12-7-. The number of rotatable bonds is 3. The Kier molecular flexibility index (Phi) is 5.37. The minimum Gasteiger partial charge on any atom is -0.507 e. The van der Waals surface area contributed by atoms with E-state index in [-0.39, 0.29) is 0 Å². The lowest BCUT2D eigenvalue weighted by molar-refractivity contribution is -0.323. The summed E-state index contributed by atoms with van der Waals surface area (Å²) in [6.45, 7) is 0. The van der Waals surface area contributed by atoms with E-state index >= 15 is 0 Å². The lowest BCUT2D eigenvalue weighted by atomic mass is 9.94. The number of benzene rings is 2. The van der Waals surface area contributed by atoms with Gasteiger partial charge in [-0.2, -0.15) is 39.5 Å². The van der Waals surface area contributed by atoms with Crippen LogP contribution >= 0.6 is 0 Å². The first-order chi connectivity index (χ1) is 13.0. The van der Waals surface area contributed by atoms with E-state index in [1.807, 2.05) is 0 Å². The topological polar surface area (TPSA) is 37.3 Å². The third kappa shape index (κ3) is 3.87. The van der Waals surface area contributed by atoms with E-state index in [1.165, 1.54) is 6.07 Å². The Morgan fingerprint density at radius 2 is 1.24 bits per heavy atom. The zero-order valence-electron chi connectivity index (χ0n) is 13.7. The van der Waals surface area contributed by atoms with Gasteiger partial charge >= 0.3 is 24.2 Å². The van der Waals surface area contributed by atoms with Gasteiger partial charge in [0, 0.05) is 11.6 Å². The molecule has 2 aromatic rings. The maximum absolute atomic E-state index is 13.7. The molecular formula is C17H8F10O2. The number of hydrogen-bond acceptors (Lipinski definition) is 2. The highest BCUT2D eigenvalue weighted by Gasteiger charge is 2.76. The number of alkyl halides is 10. The molecule has 158 valence electrons. The molecule has 2 aromatic carbocycles. The summed E-state index contributed by atoms with van der Waals surface area (Å²) >= 11 is 0. The van der Waals surface area contributed by atoms with Crippen LogP contribution in [0.3, 0.4) is 0 Å². The van der Waals surface area contributed by atoms with E-state index in [9.17, 15) is 53.8 Å². The molecule has 0 aliphatic carbocycles. The molecule has 0 fully saturated rings. The highest BCUT2D eigenvalue weighted by Crippen LogP contribution is 2.47. The molecule has 0 saturated heterocycles. The second kappa shape index (κ2) is 6.92. The van der Waals surface area contributed by atoms with E-state index in [0.29, 0.717) is 12.1 Å². The molecule has 0 aliphatic heterocycles. The molecule has 1 N–H and O–H groups in total. The molecule has 0 aliphatic rings. The van der Waals surface area contributed by atoms with Crippen molar-refractivity contribution in [2.45, 2.75) is 24.2 Å². The van der Waals surface area contributed by atoms with Crippen LogP contribution in [-0.4, -0.2) is 28.9 Å². The second-order valence-electron chi connectivity index (χ2n) is 5.75.